The van der Waals surface area contributed by atoms with Crippen LogP contribution in [0.3, 0.4) is 0 Å². The number of rotatable bonds is 4. The minimum Gasteiger partial charge on any atom is -0.465 e. The smallest absolute Gasteiger partial charge is 0.339 e. The molecule has 1 fully saturated rings. The lowest BCUT2D eigenvalue weighted by atomic mass is 10.1. The maximum absolute atomic E-state index is 13.4. The van der Waals surface area contributed by atoms with Gasteiger partial charge in [0.2, 0.25) is 10.0 Å². The molecular formula is C20H20FN3O4S. The molecule has 0 N–H and O–H groups in total. The Bertz CT molecular complexity index is 1170. The SMILES string of the molecule is COC(=O)c1ccccc1S(=O)(=O)N1CCC(n2cnc3cc(F)ccc32)CC1. The molecule has 0 bridgehead atoms. The zero-order valence-electron chi connectivity index (χ0n) is 15.8. The fourth-order valence-electron chi connectivity index (χ4n) is 3.77. The molecule has 2 heterocycles. The Hall–Kier alpha value is -2.78. The van der Waals surface area contributed by atoms with Crippen molar-refractivity contribution in [2.75, 3.05) is 20.2 Å². The van der Waals surface area contributed by atoms with Crippen LogP contribution < -0.4 is 0 Å². The highest BCUT2D eigenvalue weighted by molar-refractivity contribution is 7.89. The van der Waals surface area contributed by atoms with Crippen LogP contribution in [0.15, 0.2) is 53.7 Å². The Morgan fingerprint density at radius 3 is 2.62 bits per heavy atom. The van der Waals surface area contributed by atoms with E-state index < -0.39 is 16.0 Å². The monoisotopic (exact) mass is 417 g/mol. The number of methoxy groups -OCH3 is 1. The number of sulfonamides is 1. The van der Waals surface area contributed by atoms with Crippen molar-refractivity contribution in [2.24, 2.45) is 0 Å². The Morgan fingerprint density at radius 1 is 1.17 bits per heavy atom. The molecule has 4 rings (SSSR count). The average Bonchev–Trinajstić information content (AvgIpc) is 3.16. The van der Waals surface area contributed by atoms with Crippen molar-refractivity contribution in [1.82, 2.24) is 13.9 Å². The molecule has 1 saturated heterocycles. The highest BCUT2D eigenvalue weighted by atomic mass is 32.2. The van der Waals surface area contributed by atoms with E-state index in [1.54, 1.807) is 24.5 Å². The number of fused-ring (bicyclic) bond motifs is 1. The van der Waals surface area contributed by atoms with Crippen LogP contribution in [0.25, 0.3) is 11.0 Å². The summed E-state index contributed by atoms with van der Waals surface area (Å²) in [4.78, 5) is 16.2. The number of halogens is 1. The van der Waals surface area contributed by atoms with Crippen molar-refractivity contribution in [3.63, 3.8) is 0 Å². The standard InChI is InChI=1S/C20H20FN3O4S/c1-28-20(25)16-4-2-3-5-19(16)29(26,27)23-10-8-15(9-11-23)24-13-22-17-12-14(21)6-7-18(17)24/h2-7,12-13,15H,8-11H2,1H3. The minimum absolute atomic E-state index is 0.0275. The number of benzene rings is 2. The summed E-state index contributed by atoms with van der Waals surface area (Å²) in [6.07, 6.45) is 2.84. The van der Waals surface area contributed by atoms with Crippen molar-refractivity contribution in [3.05, 3.63) is 60.2 Å². The van der Waals surface area contributed by atoms with Gasteiger partial charge in [0.05, 0.1) is 34.9 Å². The molecule has 0 saturated carbocycles. The molecule has 0 aliphatic carbocycles. The van der Waals surface area contributed by atoms with Crippen LogP contribution in [0.2, 0.25) is 0 Å². The molecule has 1 aliphatic rings. The van der Waals surface area contributed by atoms with E-state index in [0.29, 0.717) is 31.4 Å². The second-order valence-corrected chi connectivity index (χ2v) is 8.81. The molecule has 0 unspecified atom stereocenters. The van der Waals surface area contributed by atoms with Gasteiger partial charge in [0, 0.05) is 25.2 Å². The van der Waals surface area contributed by atoms with Crippen LogP contribution in [-0.2, 0) is 14.8 Å². The van der Waals surface area contributed by atoms with Gasteiger partial charge in [0.1, 0.15) is 5.82 Å². The van der Waals surface area contributed by atoms with Gasteiger partial charge in [-0.1, -0.05) is 12.1 Å². The number of esters is 1. The lowest BCUT2D eigenvalue weighted by molar-refractivity contribution is 0.0596. The molecule has 0 spiro atoms. The van der Waals surface area contributed by atoms with Crippen LogP contribution in [0.5, 0.6) is 0 Å². The van der Waals surface area contributed by atoms with E-state index in [1.807, 2.05) is 4.57 Å². The Kier molecular flexibility index (Phi) is 5.10. The van der Waals surface area contributed by atoms with Gasteiger partial charge in [-0.15, -0.1) is 0 Å². The molecule has 7 nitrogen and oxygen atoms in total. The molecule has 29 heavy (non-hydrogen) atoms. The van der Waals surface area contributed by atoms with Crippen LogP contribution in [0, 0.1) is 5.82 Å². The summed E-state index contributed by atoms with van der Waals surface area (Å²) in [6, 6.07) is 10.6. The molecule has 1 aromatic heterocycles. The Morgan fingerprint density at radius 2 is 1.90 bits per heavy atom. The first-order chi connectivity index (χ1) is 13.9. The maximum atomic E-state index is 13.4. The molecular weight excluding hydrogens is 397 g/mol. The van der Waals surface area contributed by atoms with Gasteiger partial charge in [0.15, 0.2) is 0 Å². The largest absolute Gasteiger partial charge is 0.465 e. The van der Waals surface area contributed by atoms with Crippen molar-refractivity contribution >= 4 is 27.0 Å². The predicted molar refractivity (Wildman–Crippen MR) is 105 cm³/mol. The number of hydrogen-bond acceptors (Lipinski definition) is 5. The molecule has 9 heteroatoms. The maximum Gasteiger partial charge on any atom is 0.339 e. The molecule has 0 atom stereocenters. The van der Waals surface area contributed by atoms with Crippen molar-refractivity contribution in [3.8, 4) is 0 Å². The first-order valence-electron chi connectivity index (χ1n) is 9.21. The summed E-state index contributed by atoms with van der Waals surface area (Å²) in [5.74, 6) is -1.02. The Labute approximate surface area is 167 Å². The molecule has 0 radical (unpaired) electrons. The predicted octanol–water partition coefficient (Wildman–Crippen LogP) is 2.99. The number of aromatic nitrogens is 2. The first-order valence-corrected chi connectivity index (χ1v) is 10.7. The van der Waals surface area contributed by atoms with E-state index in [9.17, 15) is 17.6 Å². The minimum atomic E-state index is -3.83. The highest BCUT2D eigenvalue weighted by Crippen LogP contribution is 2.30. The normalized spacial score (nSPS) is 16.2. The fraction of sp³-hybridized carbons (Fsp3) is 0.300. The highest BCUT2D eigenvalue weighted by Gasteiger charge is 2.33. The number of carbonyl (C=O) groups excluding carboxylic acids is 1. The third-order valence-corrected chi connectivity index (χ3v) is 7.22. The second kappa shape index (κ2) is 7.57. The van der Waals surface area contributed by atoms with E-state index in [0.717, 1.165) is 5.52 Å². The van der Waals surface area contributed by atoms with E-state index >= 15 is 0 Å². The van der Waals surface area contributed by atoms with Crippen LogP contribution in [0.4, 0.5) is 4.39 Å². The zero-order chi connectivity index (χ0) is 20.6. The molecule has 0 amide bonds. The summed E-state index contributed by atoms with van der Waals surface area (Å²) in [6.45, 7) is 0.618. The number of hydrogen-bond donors (Lipinski definition) is 0. The molecule has 2 aromatic carbocycles. The number of carbonyl (C=O) groups is 1. The van der Waals surface area contributed by atoms with Gasteiger partial charge >= 0.3 is 5.97 Å². The molecule has 3 aromatic rings. The van der Waals surface area contributed by atoms with Crippen LogP contribution in [0.1, 0.15) is 29.2 Å². The van der Waals surface area contributed by atoms with Crippen molar-refractivity contribution < 1.29 is 22.3 Å². The molecule has 1 aliphatic heterocycles. The third kappa shape index (κ3) is 3.51. The summed E-state index contributed by atoms with van der Waals surface area (Å²) in [5.41, 5.74) is 1.43. The van der Waals surface area contributed by atoms with Gasteiger partial charge in [-0.25, -0.2) is 22.6 Å². The van der Waals surface area contributed by atoms with E-state index in [1.165, 1.54) is 35.7 Å². The third-order valence-electron chi connectivity index (χ3n) is 5.26. The quantitative estimate of drug-likeness (QED) is 0.610. The van der Waals surface area contributed by atoms with Gasteiger partial charge in [-0.3, -0.25) is 0 Å². The lowest BCUT2D eigenvalue weighted by Crippen LogP contribution is -2.39. The van der Waals surface area contributed by atoms with Crippen molar-refractivity contribution in [1.29, 1.82) is 0 Å². The Balaban J connectivity index is 1.56. The topological polar surface area (TPSA) is 81.5 Å². The van der Waals surface area contributed by atoms with Gasteiger partial charge in [0.25, 0.3) is 0 Å². The number of imidazole rings is 1. The van der Waals surface area contributed by atoms with E-state index in [2.05, 4.69) is 4.98 Å². The fourth-order valence-corrected chi connectivity index (χ4v) is 5.42. The second-order valence-electron chi connectivity index (χ2n) is 6.91. The average molecular weight is 417 g/mol. The van der Waals surface area contributed by atoms with Gasteiger partial charge < -0.3 is 9.30 Å². The van der Waals surface area contributed by atoms with Crippen LogP contribution in [-0.4, -0.2) is 48.4 Å². The summed E-state index contributed by atoms with van der Waals surface area (Å²) in [5, 5.41) is 0. The van der Waals surface area contributed by atoms with E-state index in [4.69, 9.17) is 4.74 Å². The lowest BCUT2D eigenvalue weighted by Gasteiger charge is -2.32. The van der Waals surface area contributed by atoms with Gasteiger partial charge in [-0.05, 0) is 37.1 Å². The summed E-state index contributed by atoms with van der Waals surface area (Å²) < 4.78 is 47.7. The number of nitrogens with zero attached hydrogens (tertiary/aromatic N) is 3. The molecule has 152 valence electrons. The van der Waals surface area contributed by atoms with Crippen LogP contribution >= 0.6 is 0 Å². The zero-order valence-corrected chi connectivity index (χ0v) is 16.6. The van der Waals surface area contributed by atoms with E-state index in [-0.39, 0.29) is 22.3 Å². The number of ether oxygens (including phenoxy) is 1. The van der Waals surface area contributed by atoms with Gasteiger partial charge in [-0.2, -0.15) is 4.31 Å². The first kappa shape index (κ1) is 19.5. The number of piperidine rings is 1. The van der Waals surface area contributed by atoms with Crippen molar-refractivity contribution in [2.45, 2.75) is 23.8 Å². The summed E-state index contributed by atoms with van der Waals surface area (Å²) >= 11 is 0. The summed E-state index contributed by atoms with van der Waals surface area (Å²) in [7, 11) is -2.61.